The quantitative estimate of drug-likeness (QED) is 0.264. The number of methoxy groups -OCH3 is 2. The van der Waals surface area contributed by atoms with Crippen LogP contribution in [0.25, 0.3) is 11.2 Å². The number of rotatable bonds is 9. The number of H-pyrrole nitrogens is 1. The Kier molecular flexibility index (Phi) is 7.27. The van der Waals surface area contributed by atoms with Crippen LogP contribution in [0.1, 0.15) is 29.3 Å². The fraction of sp³-hybridized carbons (Fsp3) is 0.258. The zero-order valence-corrected chi connectivity index (χ0v) is 22.6. The predicted octanol–water partition coefficient (Wildman–Crippen LogP) is 3.79. The fourth-order valence-corrected chi connectivity index (χ4v) is 5.56. The number of nitrogens with zero attached hydrogens (tertiary/aromatic N) is 3. The maximum absolute atomic E-state index is 12.2. The highest BCUT2D eigenvalue weighted by Crippen LogP contribution is 2.48. The van der Waals surface area contributed by atoms with E-state index in [1.165, 1.54) is 12.7 Å². The Balaban J connectivity index is 1.42. The second-order valence-electron chi connectivity index (χ2n) is 9.75. The number of hydrogen-bond acceptors (Lipinski definition) is 8. The van der Waals surface area contributed by atoms with Crippen LogP contribution in [0.15, 0.2) is 96.3 Å². The highest BCUT2D eigenvalue weighted by molar-refractivity contribution is 5.68. The summed E-state index contributed by atoms with van der Waals surface area (Å²) >= 11 is 0. The molecule has 5 aromatic rings. The number of imidazole rings is 1. The van der Waals surface area contributed by atoms with Crippen LogP contribution in [-0.2, 0) is 15.1 Å². The van der Waals surface area contributed by atoms with Gasteiger partial charge in [-0.05, 0) is 17.7 Å². The smallest absolute Gasteiger partial charge is 0.278 e. The van der Waals surface area contributed by atoms with Crippen molar-refractivity contribution in [1.29, 1.82) is 0 Å². The van der Waals surface area contributed by atoms with Gasteiger partial charge in [0.2, 0.25) is 0 Å². The molecule has 1 aliphatic rings. The molecule has 0 spiro atoms. The number of aliphatic hydroxyl groups excluding tert-OH is 1. The minimum Gasteiger partial charge on any atom is -0.496 e. The van der Waals surface area contributed by atoms with Crippen LogP contribution in [0.2, 0.25) is 0 Å². The number of benzene rings is 3. The summed E-state index contributed by atoms with van der Waals surface area (Å²) in [6, 6.07) is 25.2. The van der Waals surface area contributed by atoms with Gasteiger partial charge in [0.05, 0.1) is 39.6 Å². The van der Waals surface area contributed by atoms with Gasteiger partial charge in [0.25, 0.3) is 5.56 Å². The molecule has 0 radical (unpaired) electrons. The number of aromatic amines is 1. The fourth-order valence-electron chi connectivity index (χ4n) is 5.56. The Labute approximate surface area is 236 Å². The van der Waals surface area contributed by atoms with E-state index >= 15 is 0 Å². The molecule has 6 rings (SSSR count). The molecule has 3 atom stereocenters. The molecule has 2 aromatic heterocycles. The average molecular weight is 555 g/mol. The lowest BCUT2D eigenvalue weighted by molar-refractivity contribution is -0.0938. The lowest BCUT2D eigenvalue weighted by Crippen LogP contribution is -2.38. The Morgan fingerprint density at radius 2 is 1.59 bits per heavy atom. The van der Waals surface area contributed by atoms with Crippen molar-refractivity contribution in [3.05, 3.63) is 119 Å². The third-order valence-corrected chi connectivity index (χ3v) is 7.50. The molecule has 2 N–H and O–H groups in total. The first-order valence-corrected chi connectivity index (χ1v) is 13.3. The van der Waals surface area contributed by atoms with Crippen molar-refractivity contribution in [2.75, 3.05) is 20.8 Å². The molecular formula is C31H30N4O6. The first-order valence-electron chi connectivity index (χ1n) is 13.3. The topological polar surface area (TPSA) is 121 Å². The van der Waals surface area contributed by atoms with Crippen LogP contribution in [0.3, 0.4) is 0 Å². The van der Waals surface area contributed by atoms with E-state index in [0.29, 0.717) is 17.1 Å². The molecule has 3 aromatic carbocycles. The van der Waals surface area contributed by atoms with E-state index in [4.69, 9.17) is 18.9 Å². The zero-order chi connectivity index (χ0) is 28.4. The SMILES string of the molecule is COc1ccccc1C(OC[C@H]1O[C@@H](n2cnc3c(=O)[nH]cnc32)C[C@@H]1O)(c1ccccc1)c1ccccc1OC. The van der Waals surface area contributed by atoms with Crippen LogP contribution >= 0.6 is 0 Å². The first-order chi connectivity index (χ1) is 20.1. The van der Waals surface area contributed by atoms with E-state index in [0.717, 1.165) is 16.7 Å². The largest absolute Gasteiger partial charge is 0.496 e. The van der Waals surface area contributed by atoms with E-state index in [1.807, 2.05) is 78.9 Å². The lowest BCUT2D eigenvalue weighted by atomic mass is 9.79. The summed E-state index contributed by atoms with van der Waals surface area (Å²) in [5.41, 5.74) is 1.46. The van der Waals surface area contributed by atoms with Gasteiger partial charge in [-0.25, -0.2) is 9.97 Å². The minimum atomic E-state index is -1.18. The Hall–Kier alpha value is -4.51. The normalized spacial score (nSPS) is 19.0. The van der Waals surface area contributed by atoms with E-state index < -0.39 is 24.0 Å². The van der Waals surface area contributed by atoms with Crippen LogP contribution in [0.5, 0.6) is 11.5 Å². The Bertz CT molecular complexity index is 1650. The number of para-hydroxylation sites is 2. The molecule has 1 fully saturated rings. The molecule has 0 unspecified atom stereocenters. The van der Waals surface area contributed by atoms with E-state index in [2.05, 4.69) is 15.0 Å². The van der Waals surface area contributed by atoms with Crippen molar-refractivity contribution in [1.82, 2.24) is 19.5 Å². The maximum Gasteiger partial charge on any atom is 0.278 e. The van der Waals surface area contributed by atoms with Gasteiger partial charge in [0.1, 0.15) is 23.8 Å². The Morgan fingerprint density at radius 1 is 0.951 bits per heavy atom. The predicted molar refractivity (Wildman–Crippen MR) is 151 cm³/mol. The highest BCUT2D eigenvalue weighted by Gasteiger charge is 2.45. The van der Waals surface area contributed by atoms with Crippen molar-refractivity contribution >= 4 is 11.2 Å². The van der Waals surface area contributed by atoms with Crippen molar-refractivity contribution in [2.24, 2.45) is 0 Å². The summed E-state index contributed by atoms with van der Waals surface area (Å²) < 4.78 is 26.6. The molecule has 10 heteroatoms. The van der Waals surface area contributed by atoms with E-state index in [-0.39, 0.29) is 24.1 Å². The van der Waals surface area contributed by atoms with Gasteiger partial charge in [0.15, 0.2) is 16.8 Å². The summed E-state index contributed by atoms with van der Waals surface area (Å²) in [4.78, 5) is 23.1. The van der Waals surface area contributed by atoms with Gasteiger partial charge in [-0.1, -0.05) is 66.7 Å². The third kappa shape index (κ3) is 4.65. The average Bonchev–Trinajstić information content (AvgIpc) is 3.62. The molecular weight excluding hydrogens is 524 g/mol. The molecule has 0 bridgehead atoms. The standard InChI is InChI=1S/C31H30N4O6/c1-38-24-14-8-6-12-21(24)31(20-10-4-3-5-11-20,22-13-7-9-15-25(22)39-2)40-17-26-23(36)16-27(41-26)35-19-34-28-29(35)32-18-33-30(28)37/h3-15,18-19,23,26-27,36H,16-17H2,1-2H3,(H,32,33,37)/t23-,26+,27+/m0/s1. The van der Waals surface area contributed by atoms with E-state index in [9.17, 15) is 9.90 Å². The molecule has 1 aliphatic heterocycles. The van der Waals surface area contributed by atoms with Gasteiger partial charge in [-0.15, -0.1) is 0 Å². The maximum atomic E-state index is 12.2. The molecule has 10 nitrogen and oxygen atoms in total. The van der Waals surface area contributed by atoms with Gasteiger partial charge in [0, 0.05) is 17.5 Å². The molecule has 210 valence electrons. The van der Waals surface area contributed by atoms with Crippen molar-refractivity contribution < 1.29 is 24.1 Å². The van der Waals surface area contributed by atoms with Crippen LogP contribution in [0, 0.1) is 0 Å². The van der Waals surface area contributed by atoms with E-state index in [1.54, 1.807) is 18.8 Å². The number of ether oxygens (including phenoxy) is 4. The van der Waals surface area contributed by atoms with Gasteiger partial charge < -0.3 is 29.0 Å². The second-order valence-corrected chi connectivity index (χ2v) is 9.75. The number of fused-ring (bicyclic) bond motifs is 1. The molecule has 0 saturated carbocycles. The molecule has 41 heavy (non-hydrogen) atoms. The number of aromatic nitrogens is 4. The lowest BCUT2D eigenvalue weighted by Gasteiger charge is -2.38. The molecule has 0 amide bonds. The summed E-state index contributed by atoms with van der Waals surface area (Å²) in [6.45, 7) is 0.0311. The van der Waals surface area contributed by atoms with Crippen molar-refractivity contribution in [3.63, 3.8) is 0 Å². The van der Waals surface area contributed by atoms with Gasteiger partial charge >= 0.3 is 0 Å². The minimum absolute atomic E-state index is 0.0311. The summed E-state index contributed by atoms with van der Waals surface area (Å²) in [6.07, 6.45) is 0.988. The Morgan fingerprint density at radius 3 is 2.24 bits per heavy atom. The number of hydrogen-bond donors (Lipinski definition) is 2. The summed E-state index contributed by atoms with van der Waals surface area (Å²) in [5, 5.41) is 11.1. The van der Waals surface area contributed by atoms with Crippen LogP contribution in [0.4, 0.5) is 0 Å². The molecule has 1 saturated heterocycles. The number of nitrogens with one attached hydrogen (secondary N) is 1. The number of aliphatic hydroxyl groups is 1. The highest BCUT2D eigenvalue weighted by atomic mass is 16.6. The van der Waals surface area contributed by atoms with Crippen molar-refractivity contribution in [2.45, 2.75) is 30.5 Å². The molecule has 3 heterocycles. The summed E-state index contributed by atoms with van der Waals surface area (Å²) in [7, 11) is 3.25. The third-order valence-electron chi connectivity index (χ3n) is 7.50. The van der Waals surface area contributed by atoms with Crippen molar-refractivity contribution in [3.8, 4) is 11.5 Å². The second kappa shape index (κ2) is 11.2. The summed E-state index contributed by atoms with van der Waals surface area (Å²) in [5.74, 6) is 1.27. The zero-order valence-electron chi connectivity index (χ0n) is 22.6. The van der Waals surface area contributed by atoms with Gasteiger partial charge in [-0.2, -0.15) is 0 Å². The van der Waals surface area contributed by atoms with Crippen LogP contribution in [-0.4, -0.2) is 57.7 Å². The first kappa shape index (κ1) is 26.7. The van der Waals surface area contributed by atoms with Gasteiger partial charge in [-0.3, -0.25) is 9.36 Å². The monoisotopic (exact) mass is 554 g/mol. The van der Waals surface area contributed by atoms with Crippen LogP contribution < -0.4 is 15.0 Å². The molecule has 0 aliphatic carbocycles.